The van der Waals surface area contributed by atoms with Crippen molar-refractivity contribution < 1.29 is 19.7 Å². The van der Waals surface area contributed by atoms with Gasteiger partial charge in [-0.3, -0.25) is 9.36 Å². The van der Waals surface area contributed by atoms with Gasteiger partial charge in [0.1, 0.15) is 53.0 Å². The highest BCUT2D eigenvalue weighted by Gasteiger charge is 2.21. The van der Waals surface area contributed by atoms with Gasteiger partial charge in [0.2, 0.25) is 0 Å². The van der Waals surface area contributed by atoms with Crippen LogP contribution in [0.4, 0.5) is 10.2 Å². The molecule has 0 amide bonds. The first-order chi connectivity index (χ1) is 18.7. The first-order valence-corrected chi connectivity index (χ1v) is 11.7. The molecule has 0 spiro atoms. The Bertz CT molecular complexity index is 1960. The van der Waals surface area contributed by atoms with Crippen LogP contribution in [-0.2, 0) is 13.1 Å². The Morgan fingerprint density at radius 1 is 0.974 bits per heavy atom. The van der Waals surface area contributed by atoms with Gasteiger partial charge in [0.25, 0.3) is 5.56 Å². The Hall–Kier alpha value is -5.46. The highest BCUT2D eigenvalue weighted by atomic mass is 19.1. The lowest BCUT2D eigenvalue weighted by Crippen LogP contribution is -2.29. The van der Waals surface area contributed by atoms with Crippen molar-refractivity contribution in [2.45, 2.75) is 20.0 Å². The Morgan fingerprint density at radius 3 is 2.56 bits per heavy atom. The zero-order valence-electron chi connectivity index (χ0n) is 20.4. The summed E-state index contributed by atoms with van der Waals surface area (Å²) in [6.45, 7) is 1.69. The summed E-state index contributed by atoms with van der Waals surface area (Å²) in [5, 5.41) is 39.6. The van der Waals surface area contributed by atoms with E-state index in [1.807, 2.05) is 0 Å². The van der Waals surface area contributed by atoms with Crippen molar-refractivity contribution in [1.29, 1.82) is 0 Å². The van der Waals surface area contributed by atoms with Crippen molar-refractivity contribution in [3.63, 3.8) is 0 Å². The number of aryl methyl sites for hydroxylation is 1. The average Bonchev–Trinajstić information content (AvgIpc) is 3.43. The molecule has 4 heterocycles. The maximum atomic E-state index is 14.1. The van der Waals surface area contributed by atoms with E-state index in [-0.39, 0.29) is 58.8 Å². The highest BCUT2D eigenvalue weighted by Crippen LogP contribution is 2.32. The summed E-state index contributed by atoms with van der Waals surface area (Å²) in [5.74, 6) is -0.887. The summed E-state index contributed by atoms with van der Waals surface area (Å²) in [6.07, 6.45) is 2.93. The number of aromatic nitrogens is 7. The molecule has 0 bridgehead atoms. The fourth-order valence-electron chi connectivity index (χ4n) is 4.61. The van der Waals surface area contributed by atoms with Crippen molar-refractivity contribution >= 4 is 22.4 Å². The minimum Gasteiger partial charge on any atom is -0.508 e. The van der Waals surface area contributed by atoms with Gasteiger partial charge in [-0.15, -0.1) is 0 Å². The highest BCUT2D eigenvalue weighted by molar-refractivity contribution is 5.98. The summed E-state index contributed by atoms with van der Waals surface area (Å²) in [6, 6.07) is 9.40. The fraction of sp³-hybridized carbons (Fsp3) is 0.115. The van der Waals surface area contributed by atoms with Crippen LogP contribution in [0.1, 0.15) is 17.0 Å². The number of phenolic OH excluding ortho intramolecular Hbond substituents is 3. The number of hydrogen-bond donors (Lipinski definition) is 4. The van der Waals surface area contributed by atoms with E-state index < -0.39 is 5.82 Å². The summed E-state index contributed by atoms with van der Waals surface area (Å²) in [4.78, 5) is 22.0. The van der Waals surface area contributed by atoms with E-state index in [0.29, 0.717) is 22.1 Å². The summed E-state index contributed by atoms with van der Waals surface area (Å²) < 4.78 is 18.5. The van der Waals surface area contributed by atoms with Crippen LogP contribution in [-0.4, -0.2) is 49.2 Å². The number of nitrogens with zero attached hydrogens (tertiary/aromatic N) is 7. The quantitative estimate of drug-likeness (QED) is 0.263. The molecule has 0 saturated carbocycles. The van der Waals surface area contributed by atoms with E-state index in [1.54, 1.807) is 19.2 Å². The van der Waals surface area contributed by atoms with Gasteiger partial charge < -0.3 is 21.1 Å². The number of anilines is 1. The molecular formula is C26H21FN8O4. The Labute approximate surface area is 218 Å². The van der Waals surface area contributed by atoms with E-state index >= 15 is 0 Å². The van der Waals surface area contributed by atoms with Crippen LogP contribution in [0, 0.1) is 12.7 Å². The van der Waals surface area contributed by atoms with Gasteiger partial charge in [0, 0.05) is 29.5 Å². The normalized spacial score (nSPS) is 11.5. The van der Waals surface area contributed by atoms with Crippen molar-refractivity contribution in [3.05, 3.63) is 88.1 Å². The van der Waals surface area contributed by atoms with E-state index in [2.05, 4.69) is 20.2 Å². The molecule has 6 rings (SSSR count). The monoisotopic (exact) mass is 528 g/mol. The van der Waals surface area contributed by atoms with E-state index in [0.717, 1.165) is 11.6 Å². The van der Waals surface area contributed by atoms with Crippen LogP contribution in [0.5, 0.6) is 17.2 Å². The molecule has 6 aromatic rings. The number of fused-ring (bicyclic) bond motifs is 2. The van der Waals surface area contributed by atoms with Gasteiger partial charge in [-0.25, -0.2) is 23.6 Å². The molecule has 0 aliphatic heterocycles. The first kappa shape index (κ1) is 23.9. The molecule has 0 unspecified atom stereocenters. The second-order valence-corrected chi connectivity index (χ2v) is 9.07. The van der Waals surface area contributed by atoms with E-state index in [1.165, 1.54) is 50.4 Å². The van der Waals surface area contributed by atoms with Gasteiger partial charge in [0.15, 0.2) is 11.5 Å². The first-order valence-electron chi connectivity index (χ1n) is 11.7. The molecule has 2 aromatic carbocycles. The van der Waals surface area contributed by atoms with Crippen LogP contribution in [0.2, 0.25) is 0 Å². The summed E-state index contributed by atoms with van der Waals surface area (Å²) in [7, 11) is 0. The lowest BCUT2D eigenvalue weighted by Gasteiger charge is -2.14. The minimum atomic E-state index is -0.666. The van der Waals surface area contributed by atoms with Gasteiger partial charge >= 0.3 is 0 Å². The van der Waals surface area contributed by atoms with Crippen LogP contribution >= 0.6 is 0 Å². The number of halogens is 1. The zero-order chi connectivity index (χ0) is 27.4. The Kier molecular flexibility index (Phi) is 5.41. The average molecular weight is 529 g/mol. The van der Waals surface area contributed by atoms with Crippen LogP contribution < -0.4 is 11.3 Å². The SMILES string of the molecule is Cc1ccn2nc(Cn3nc(-c4cc(O)cc(F)c4)c4c(N)ncnc43)n(Cc3ccc(O)cc3O)c(=O)c12. The maximum absolute atomic E-state index is 14.1. The topological polar surface area (TPSA) is 170 Å². The lowest BCUT2D eigenvalue weighted by atomic mass is 10.1. The second-order valence-electron chi connectivity index (χ2n) is 9.07. The van der Waals surface area contributed by atoms with Crippen molar-refractivity contribution in [1.82, 2.24) is 33.9 Å². The maximum Gasteiger partial charge on any atom is 0.278 e. The number of rotatable bonds is 5. The van der Waals surface area contributed by atoms with E-state index in [4.69, 9.17) is 5.73 Å². The molecule has 39 heavy (non-hydrogen) atoms. The molecule has 13 heteroatoms. The molecule has 0 aliphatic rings. The second kappa shape index (κ2) is 8.83. The molecule has 0 saturated heterocycles. The largest absolute Gasteiger partial charge is 0.508 e. The third kappa shape index (κ3) is 4.05. The summed E-state index contributed by atoms with van der Waals surface area (Å²) in [5.41, 5.74) is 8.08. The zero-order valence-corrected chi connectivity index (χ0v) is 20.4. The standard InChI is InChI=1S/C26H21FN8O4/c1-13-4-5-34-23(13)26(39)33(10-14-2-3-17(36)9-19(14)38)20(31-34)11-35-25-21(24(28)29-12-30-25)22(32-35)15-6-16(27)8-18(37)7-15/h2-9,12,36-38H,10-11H2,1H3,(H2,28,29,30). The van der Waals surface area contributed by atoms with Crippen LogP contribution in [0.25, 0.3) is 27.8 Å². The third-order valence-electron chi connectivity index (χ3n) is 6.45. The number of aromatic hydroxyl groups is 3. The number of nitrogens with two attached hydrogens (primary N) is 1. The van der Waals surface area contributed by atoms with Crippen LogP contribution in [0.15, 0.2) is 59.8 Å². The molecule has 196 valence electrons. The molecular weight excluding hydrogens is 507 g/mol. The van der Waals surface area contributed by atoms with Gasteiger partial charge in [-0.2, -0.15) is 10.2 Å². The van der Waals surface area contributed by atoms with E-state index in [9.17, 15) is 24.5 Å². The number of benzene rings is 2. The molecule has 0 radical (unpaired) electrons. The van der Waals surface area contributed by atoms with Gasteiger partial charge in [-0.1, -0.05) is 0 Å². The Balaban J connectivity index is 1.55. The molecule has 5 N–H and O–H groups in total. The third-order valence-corrected chi connectivity index (χ3v) is 6.45. The predicted octanol–water partition coefficient (Wildman–Crippen LogP) is 2.55. The molecule has 12 nitrogen and oxygen atoms in total. The smallest absolute Gasteiger partial charge is 0.278 e. The van der Waals surface area contributed by atoms with Crippen molar-refractivity contribution in [3.8, 4) is 28.5 Å². The fourth-order valence-corrected chi connectivity index (χ4v) is 4.61. The van der Waals surface area contributed by atoms with Gasteiger partial charge in [0.05, 0.1) is 11.9 Å². The lowest BCUT2D eigenvalue weighted by molar-refractivity contribution is 0.443. The number of phenols is 3. The summed E-state index contributed by atoms with van der Waals surface area (Å²) >= 11 is 0. The molecule has 4 aromatic heterocycles. The molecule has 0 fully saturated rings. The Morgan fingerprint density at radius 2 is 1.79 bits per heavy atom. The number of hydrogen-bond acceptors (Lipinski definition) is 9. The number of nitrogen functional groups attached to an aromatic ring is 1. The van der Waals surface area contributed by atoms with Crippen LogP contribution in [0.3, 0.4) is 0 Å². The predicted molar refractivity (Wildman–Crippen MR) is 139 cm³/mol. The van der Waals surface area contributed by atoms with Gasteiger partial charge in [-0.05, 0) is 42.8 Å². The van der Waals surface area contributed by atoms with Crippen molar-refractivity contribution in [2.24, 2.45) is 0 Å². The molecule has 0 atom stereocenters. The minimum absolute atomic E-state index is 0.0463. The molecule has 0 aliphatic carbocycles. The van der Waals surface area contributed by atoms with Crippen molar-refractivity contribution in [2.75, 3.05) is 5.73 Å².